The molecule has 0 radical (unpaired) electrons. The third-order valence-electron chi connectivity index (χ3n) is 3.31. The Bertz CT molecular complexity index is 938. The fourth-order valence-electron chi connectivity index (χ4n) is 2.13. The van der Waals surface area contributed by atoms with Crippen LogP contribution in [0.1, 0.15) is 12.5 Å². The van der Waals surface area contributed by atoms with Crippen LogP contribution >= 0.6 is 0 Å². The van der Waals surface area contributed by atoms with Crippen molar-refractivity contribution in [1.29, 1.82) is 0 Å². The molecule has 150 valence electrons. The van der Waals surface area contributed by atoms with Gasteiger partial charge in [0.15, 0.2) is 0 Å². The van der Waals surface area contributed by atoms with Gasteiger partial charge in [-0.3, -0.25) is 4.79 Å². The van der Waals surface area contributed by atoms with Gasteiger partial charge >= 0.3 is 6.36 Å². The Morgan fingerprint density at radius 3 is 2.21 bits per heavy atom. The van der Waals surface area contributed by atoms with E-state index in [1.165, 1.54) is 48.6 Å². The summed E-state index contributed by atoms with van der Waals surface area (Å²) in [4.78, 5) is 12.0. The standard InChI is InChI=1S/C18H17F3N2O4S/c1-2-22-28(25,26)16-10-3-13(4-11-16)5-12-17(24)23-14-6-8-15(9-7-14)27-18(19,20)21/h3-12,22H,2H2,1H3,(H,23,24)/b12-5+. The molecule has 0 aliphatic rings. The van der Waals surface area contributed by atoms with Gasteiger partial charge in [0, 0.05) is 18.3 Å². The van der Waals surface area contributed by atoms with E-state index in [1.54, 1.807) is 6.92 Å². The molecule has 0 fully saturated rings. The zero-order valence-electron chi connectivity index (χ0n) is 14.7. The van der Waals surface area contributed by atoms with Crippen molar-refractivity contribution in [3.05, 3.63) is 60.2 Å². The van der Waals surface area contributed by atoms with Crippen molar-refractivity contribution in [2.75, 3.05) is 11.9 Å². The number of halogens is 3. The van der Waals surface area contributed by atoms with Crippen molar-refractivity contribution in [1.82, 2.24) is 4.72 Å². The molecular formula is C18H17F3N2O4S. The molecule has 0 bridgehead atoms. The van der Waals surface area contributed by atoms with E-state index in [0.29, 0.717) is 5.56 Å². The molecule has 28 heavy (non-hydrogen) atoms. The molecule has 0 aromatic heterocycles. The van der Waals surface area contributed by atoms with Crippen molar-refractivity contribution < 1.29 is 31.1 Å². The number of ether oxygens (including phenoxy) is 1. The van der Waals surface area contributed by atoms with Crippen LogP contribution in [0.4, 0.5) is 18.9 Å². The Hall–Kier alpha value is -2.85. The monoisotopic (exact) mass is 414 g/mol. The van der Waals surface area contributed by atoms with Gasteiger partial charge in [0.25, 0.3) is 0 Å². The van der Waals surface area contributed by atoms with Gasteiger partial charge in [0.1, 0.15) is 5.75 Å². The highest BCUT2D eigenvalue weighted by Gasteiger charge is 2.30. The van der Waals surface area contributed by atoms with E-state index < -0.39 is 28.0 Å². The lowest BCUT2D eigenvalue weighted by atomic mass is 10.2. The number of benzene rings is 2. The fourth-order valence-corrected chi connectivity index (χ4v) is 3.17. The van der Waals surface area contributed by atoms with E-state index in [1.807, 2.05) is 0 Å². The number of rotatable bonds is 7. The van der Waals surface area contributed by atoms with E-state index in [2.05, 4.69) is 14.8 Å². The van der Waals surface area contributed by atoms with E-state index >= 15 is 0 Å². The predicted octanol–water partition coefficient (Wildman–Crippen LogP) is 3.54. The maximum Gasteiger partial charge on any atom is 0.573 e. The average Bonchev–Trinajstić information content (AvgIpc) is 2.61. The third kappa shape index (κ3) is 6.71. The molecule has 0 unspecified atom stereocenters. The summed E-state index contributed by atoms with van der Waals surface area (Å²) in [5, 5.41) is 2.49. The van der Waals surface area contributed by atoms with Crippen LogP contribution < -0.4 is 14.8 Å². The molecule has 0 saturated carbocycles. The molecule has 2 aromatic carbocycles. The summed E-state index contributed by atoms with van der Waals surface area (Å²) < 4.78 is 66.1. The predicted molar refractivity (Wildman–Crippen MR) is 98.1 cm³/mol. The number of sulfonamides is 1. The SMILES string of the molecule is CCNS(=O)(=O)c1ccc(/C=C/C(=O)Nc2ccc(OC(F)(F)F)cc2)cc1. The van der Waals surface area contributed by atoms with Crippen molar-refractivity contribution >= 4 is 27.7 Å². The van der Waals surface area contributed by atoms with Crippen LogP contribution in [0.15, 0.2) is 59.5 Å². The van der Waals surface area contributed by atoms with Crippen LogP contribution in [0.25, 0.3) is 6.08 Å². The molecule has 2 N–H and O–H groups in total. The normalized spacial score (nSPS) is 12.1. The minimum absolute atomic E-state index is 0.108. The molecular weight excluding hydrogens is 397 g/mol. The number of nitrogens with one attached hydrogen (secondary N) is 2. The highest BCUT2D eigenvalue weighted by molar-refractivity contribution is 7.89. The zero-order valence-corrected chi connectivity index (χ0v) is 15.5. The first-order valence-electron chi connectivity index (χ1n) is 8.03. The van der Waals surface area contributed by atoms with Gasteiger partial charge in [-0.2, -0.15) is 0 Å². The highest BCUT2D eigenvalue weighted by Crippen LogP contribution is 2.24. The molecule has 0 atom stereocenters. The largest absolute Gasteiger partial charge is 0.573 e. The quantitative estimate of drug-likeness (QED) is 0.679. The van der Waals surface area contributed by atoms with Gasteiger partial charge in [0.05, 0.1) is 4.90 Å². The number of amides is 1. The van der Waals surface area contributed by atoms with Crippen molar-refractivity contribution in [3.8, 4) is 5.75 Å². The molecule has 2 rings (SSSR count). The van der Waals surface area contributed by atoms with E-state index in [9.17, 15) is 26.4 Å². The number of hydrogen-bond donors (Lipinski definition) is 2. The van der Waals surface area contributed by atoms with E-state index in [-0.39, 0.29) is 17.1 Å². The smallest absolute Gasteiger partial charge is 0.406 e. The summed E-state index contributed by atoms with van der Waals surface area (Å²) in [6.07, 6.45) is -2.09. The van der Waals surface area contributed by atoms with Crippen LogP contribution in [0.2, 0.25) is 0 Å². The molecule has 2 aromatic rings. The van der Waals surface area contributed by atoms with Gasteiger partial charge in [-0.15, -0.1) is 13.2 Å². The summed E-state index contributed by atoms with van der Waals surface area (Å²) in [6, 6.07) is 10.6. The number of alkyl halides is 3. The Kier molecular flexibility index (Phi) is 6.81. The summed E-state index contributed by atoms with van der Waals surface area (Å²) >= 11 is 0. The van der Waals surface area contributed by atoms with E-state index in [0.717, 1.165) is 12.1 Å². The first kappa shape index (κ1) is 21.5. The second-order valence-corrected chi connectivity index (χ2v) is 7.23. The van der Waals surface area contributed by atoms with Crippen LogP contribution in [0.3, 0.4) is 0 Å². The Morgan fingerprint density at radius 1 is 1.07 bits per heavy atom. The maximum absolute atomic E-state index is 12.1. The fraction of sp³-hybridized carbons (Fsp3) is 0.167. The Morgan fingerprint density at radius 2 is 1.68 bits per heavy atom. The van der Waals surface area contributed by atoms with Gasteiger partial charge < -0.3 is 10.1 Å². The number of anilines is 1. The second kappa shape index (κ2) is 8.89. The summed E-state index contributed by atoms with van der Waals surface area (Å²) in [5.74, 6) is -0.900. The molecule has 0 aliphatic carbocycles. The highest BCUT2D eigenvalue weighted by atomic mass is 32.2. The Balaban J connectivity index is 1.96. The molecule has 0 aliphatic heterocycles. The third-order valence-corrected chi connectivity index (χ3v) is 4.87. The maximum atomic E-state index is 12.1. The first-order chi connectivity index (χ1) is 13.1. The van der Waals surface area contributed by atoms with Gasteiger partial charge in [0.2, 0.25) is 15.9 Å². The Labute approximate surface area is 160 Å². The summed E-state index contributed by atoms with van der Waals surface area (Å²) in [6.45, 7) is 1.94. The van der Waals surface area contributed by atoms with Crippen molar-refractivity contribution in [2.24, 2.45) is 0 Å². The second-order valence-electron chi connectivity index (χ2n) is 5.47. The topological polar surface area (TPSA) is 84.5 Å². The minimum atomic E-state index is -4.78. The van der Waals surface area contributed by atoms with Crippen molar-refractivity contribution in [3.63, 3.8) is 0 Å². The lowest BCUT2D eigenvalue weighted by Crippen LogP contribution is -2.22. The molecule has 0 spiro atoms. The minimum Gasteiger partial charge on any atom is -0.406 e. The van der Waals surface area contributed by atoms with Crippen LogP contribution in [-0.2, 0) is 14.8 Å². The lowest BCUT2D eigenvalue weighted by molar-refractivity contribution is -0.274. The first-order valence-corrected chi connectivity index (χ1v) is 9.52. The number of hydrogen-bond acceptors (Lipinski definition) is 4. The van der Waals surface area contributed by atoms with Crippen LogP contribution in [0.5, 0.6) is 5.75 Å². The summed E-state index contributed by atoms with van der Waals surface area (Å²) in [5.41, 5.74) is 0.885. The molecule has 0 heterocycles. The number of carbonyl (C=O) groups excluding carboxylic acids is 1. The molecule has 10 heteroatoms. The average molecular weight is 414 g/mol. The number of carbonyl (C=O) groups is 1. The van der Waals surface area contributed by atoms with Gasteiger partial charge in [-0.05, 0) is 48.0 Å². The van der Waals surface area contributed by atoms with Gasteiger partial charge in [-0.25, -0.2) is 13.1 Å². The molecule has 6 nitrogen and oxygen atoms in total. The zero-order chi connectivity index (χ0) is 20.8. The van der Waals surface area contributed by atoms with Crippen LogP contribution in [0, 0.1) is 0 Å². The summed E-state index contributed by atoms with van der Waals surface area (Å²) in [7, 11) is -3.55. The molecule has 0 saturated heterocycles. The van der Waals surface area contributed by atoms with E-state index in [4.69, 9.17) is 0 Å². The molecule has 1 amide bonds. The van der Waals surface area contributed by atoms with Crippen molar-refractivity contribution in [2.45, 2.75) is 18.2 Å². The lowest BCUT2D eigenvalue weighted by Gasteiger charge is -2.09. The van der Waals surface area contributed by atoms with Gasteiger partial charge in [-0.1, -0.05) is 19.1 Å². The van der Waals surface area contributed by atoms with Crippen LogP contribution in [-0.4, -0.2) is 27.2 Å².